The number of piperidine rings is 1. The summed E-state index contributed by atoms with van der Waals surface area (Å²) in [7, 11) is 1.86. The van der Waals surface area contributed by atoms with Gasteiger partial charge in [0.2, 0.25) is 5.91 Å². The predicted octanol–water partition coefficient (Wildman–Crippen LogP) is 2.14. The molecule has 0 spiro atoms. The number of carbonyl (C=O) groups excluding carboxylic acids is 1. The number of amides is 1. The Morgan fingerprint density at radius 3 is 2.65 bits per heavy atom. The Morgan fingerprint density at radius 1 is 1.40 bits per heavy atom. The van der Waals surface area contributed by atoms with E-state index in [1.165, 1.54) is 18.2 Å². The van der Waals surface area contributed by atoms with Gasteiger partial charge >= 0.3 is 0 Å². The third kappa shape index (κ3) is 3.90. The monoisotopic (exact) mass is 304 g/mol. The number of likely N-dealkylation sites (N-methyl/N-ethyl adjacent to an activating group) is 1. The van der Waals surface area contributed by atoms with E-state index in [-0.39, 0.29) is 36.3 Å². The van der Waals surface area contributed by atoms with Crippen molar-refractivity contribution in [3.8, 4) is 0 Å². The topological polar surface area (TPSA) is 32.3 Å². The molecular formula is C14H19ClF2N2O. The lowest BCUT2D eigenvalue weighted by molar-refractivity contribution is -0.131. The van der Waals surface area contributed by atoms with Crippen molar-refractivity contribution in [1.29, 1.82) is 0 Å². The van der Waals surface area contributed by atoms with Gasteiger partial charge in [-0.3, -0.25) is 4.79 Å². The van der Waals surface area contributed by atoms with Crippen LogP contribution in [0, 0.1) is 11.6 Å². The van der Waals surface area contributed by atoms with Gasteiger partial charge in [0.05, 0.1) is 6.42 Å². The summed E-state index contributed by atoms with van der Waals surface area (Å²) < 4.78 is 27.0. The van der Waals surface area contributed by atoms with Crippen LogP contribution in [0.3, 0.4) is 0 Å². The SMILES string of the molecule is CNC1CCCN(C(=O)Cc2c(F)cccc2F)C1.Cl. The van der Waals surface area contributed by atoms with Crippen molar-refractivity contribution in [3.63, 3.8) is 0 Å². The van der Waals surface area contributed by atoms with Crippen LogP contribution >= 0.6 is 12.4 Å². The van der Waals surface area contributed by atoms with Crippen molar-refractivity contribution < 1.29 is 13.6 Å². The molecule has 1 aromatic rings. The van der Waals surface area contributed by atoms with E-state index in [0.29, 0.717) is 13.1 Å². The first kappa shape index (κ1) is 16.9. The fraction of sp³-hybridized carbons (Fsp3) is 0.500. The molecule has 1 amide bonds. The van der Waals surface area contributed by atoms with Gasteiger partial charge in [-0.2, -0.15) is 0 Å². The van der Waals surface area contributed by atoms with Crippen LogP contribution in [0.25, 0.3) is 0 Å². The first-order valence-electron chi connectivity index (χ1n) is 6.49. The number of likely N-dealkylation sites (tertiary alicyclic amines) is 1. The van der Waals surface area contributed by atoms with E-state index in [9.17, 15) is 13.6 Å². The Morgan fingerprint density at radius 2 is 2.05 bits per heavy atom. The molecule has 0 bridgehead atoms. The van der Waals surface area contributed by atoms with Crippen molar-refractivity contribution in [1.82, 2.24) is 10.2 Å². The zero-order chi connectivity index (χ0) is 13.8. The number of benzene rings is 1. The number of hydrogen-bond acceptors (Lipinski definition) is 2. The maximum Gasteiger partial charge on any atom is 0.227 e. The minimum absolute atomic E-state index is 0. The molecule has 6 heteroatoms. The molecule has 3 nitrogen and oxygen atoms in total. The Balaban J connectivity index is 0.00000200. The molecule has 1 heterocycles. The molecular weight excluding hydrogens is 286 g/mol. The minimum Gasteiger partial charge on any atom is -0.341 e. The maximum atomic E-state index is 13.5. The number of nitrogens with zero attached hydrogens (tertiary/aromatic N) is 1. The summed E-state index contributed by atoms with van der Waals surface area (Å²) in [5.41, 5.74) is -0.140. The van der Waals surface area contributed by atoms with Crippen molar-refractivity contribution >= 4 is 18.3 Å². The van der Waals surface area contributed by atoms with Gasteiger partial charge in [-0.25, -0.2) is 8.78 Å². The Labute approximate surface area is 123 Å². The first-order chi connectivity index (χ1) is 9.11. The average Bonchev–Trinajstić information content (AvgIpc) is 2.43. The number of halogens is 3. The fourth-order valence-corrected chi connectivity index (χ4v) is 2.40. The van der Waals surface area contributed by atoms with Crippen LogP contribution < -0.4 is 5.32 Å². The zero-order valence-electron chi connectivity index (χ0n) is 11.4. The summed E-state index contributed by atoms with van der Waals surface area (Å²) in [6.45, 7) is 1.26. The molecule has 0 radical (unpaired) electrons. The first-order valence-corrected chi connectivity index (χ1v) is 6.49. The van der Waals surface area contributed by atoms with E-state index < -0.39 is 11.6 Å². The highest BCUT2D eigenvalue weighted by Crippen LogP contribution is 2.16. The third-order valence-corrected chi connectivity index (χ3v) is 3.57. The molecule has 1 aliphatic rings. The van der Waals surface area contributed by atoms with Gasteiger partial charge < -0.3 is 10.2 Å². The number of rotatable bonds is 3. The summed E-state index contributed by atoms with van der Waals surface area (Å²) >= 11 is 0. The molecule has 20 heavy (non-hydrogen) atoms. The average molecular weight is 305 g/mol. The summed E-state index contributed by atoms with van der Waals surface area (Å²) in [5, 5.41) is 3.13. The second kappa shape index (κ2) is 7.55. The predicted molar refractivity (Wildman–Crippen MR) is 76.0 cm³/mol. The molecule has 1 fully saturated rings. The Bertz CT molecular complexity index is 450. The molecule has 1 N–H and O–H groups in total. The number of hydrogen-bond donors (Lipinski definition) is 1. The standard InChI is InChI=1S/C14H18F2N2O.ClH/c1-17-10-4-3-7-18(9-10)14(19)8-11-12(15)5-2-6-13(11)16;/h2,5-6,10,17H,3-4,7-9H2,1H3;1H. The van der Waals surface area contributed by atoms with Gasteiger partial charge in [0.15, 0.2) is 0 Å². The molecule has 1 aliphatic heterocycles. The Kier molecular flexibility index (Phi) is 6.36. The Hall–Kier alpha value is -1.20. The largest absolute Gasteiger partial charge is 0.341 e. The zero-order valence-corrected chi connectivity index (χ0v) is 12.2. The van der Waals surface area contributed by atoms with Crippen LogP contribution in [-0.2, 0) is 11.2 Å². The van der Waals surface area contributed by atoms with E-state index in [0.717, 1.165) is 12.8 Å². The second-order valence-electron chi connectivity index (χ2n) is 4.84. The van der Waals surface area contributed by atoms with Gasteiger partial charge in [-0.15, -0.1) is 12.4 Å². The van der Waals surface area contributed by atoms with Gasteiger partial charge in [0.25, 0.3) is 0 Å². The molecule has 1 atom stereocenters. The molecule has 0 aromatic heterocycles. The highest BCUT2D eigenvalue weighted by atomic mass is 35.5. The normalized spacial score (nSPS) is 18.6. The van der Waals surface area contributed by atoms with E-state index in [1.54, 1.807) is 4.90 Å². The van der Waals surface area contributed by atoms with E-state index in [2.05, 4.69) is 5.32 Å². The van der Waals surface area contributed by atoms with Crippen molar-refractivity contribution in [2.75, 3.05) is 20.1 Å². The molecule has 1 saturated heterocycles. The van der Waals surface area contributed by atoms with Gasteiger partial charge in [-0.1, -0.05) is 6.07 Å². The van der Waals surface area contributed by atoms with Gasteiger partial charge in [0, 0.05) is 24.7 Å². The molecule has 0 saturated carbocycles. The smallest absolute Gasteiger partial charge is 0.227 e. The van der Waals surface area contributed by atoms with Crippen molar-refractivity contribution in [3.05, 3.63) is 35.4 Å². The summed E-state index contributed by atoms with van der Waals surface area (Å²) in [6, 6.07) is 3.93. The van der Waals surface area contributed by atoms with Crippen LogP contribution in [0.1, 0.15) is 18.4 Å². The van der Waals surface area contributed by atoms with Crippen molar-refractivity contribution in [2.45, 2.75) is 25.3 Å². The van der Waals surface area contributed by atoms with Crippen LogP contribution in [0.15, 0.2) is 18.2 Å². The van der Waals surface area contributed by atoms with E-state index in [1.807, 2.05) is 7.05 Å². The molecule has 112 valence electrons. The number of carbonyl (C=O) groups is 1. The van der Waals surface area contributed by atoms with Crippen LogP contribution in [-0.4, -0.2) is 37.0 Å². The molecule has 1 aromatic carbocycles. The lowest BCUT2D eigenvalue weighted by Gasteiger charge is -2.32. The maximum absolute atomic E-state index is 13.5. The summed E-state index contributed by atoms with van der Waals surface area (Å²) in [5.74, 6) is -1.53. The minimum atomic E-state index is -0.657. The lowest BCUT2D eigenvalue weighted by atomic mass is 10.0. The van der Waals surface area contributed by atoms with Crippen LogP contribution in [0.4, 0.5) is 8.78 Å². The lowest BCUT2D eigenvalue weighted by Crippen LogP contribution is -2.47. The summed E-state index contributed by atoms with van der Waals surface area (Å²) in [4.78, 5) is 13.8. The van der Waals surface area contributed by atoms with E-state index >= 15 is 0 Å². The van der Waals surface area contributed by atoms with Crippen molar-refractivity contribution in [2.24, 2.45) is 0 Å². The third-order valence-electron chi connectivity index (χ3n) is 3.57. The van der Waals surface area contributed by atoms with E-state index in [4.69, 9.17) is 0 Å². The number of nitrogens with one attached hydrogen (secondary N) is 1. The van der Waals surface area contributed by atoms with Crippen LogP contribution in [0.2, 0.25) is 0 Å². The highest BCUT2D eigenvalue weighted by molar-refractivity contribution is 5.85. The fourth-order valence-electron chi connectivity index (χ4n) is 2.40. The van der Waals surface area contributed by atoms with Gasteiger partial charge in [0.1, 0.15) is 11.6 Å². The molecule has 0 aliphatic carbocycles. The van der Waals surface area contributed by atoms with Gasteiger partial charge in [-0.05, 0) is 32.0 Å². The second-order valence-corrected chi connectivity index (χ2v) is 4.84. The quantitative estimate of drug-likeness (QED) is 0.928. The molecule has 2 rings (SSSR count). The molecule has 1 unspecified atom stereocenters. The van der Waals surface area contributed by atoms with Crippen LogP contribution in [0.5, 0.6) is 0 Å². The highest BCUT2D eigenvalue weighted by Gasteiger charge is 2.24. The summed E-state index contributed by atoms with van der Waals surface area (Å²) in [6.07, 6.45) is 1.72.